The van der Waals surface area contributed by atoms with Crippen LogP contribution in [0.2, 0.25) is 0 Å². The molecule has 6 heteroatoms. The third-order valence-electron chi connectivity index (χ3n) is 3.16. The summed E-state index contributed by atoms with van der Waals surface area (Å²) in [5.41, 5.74) is 8.87. The van der Waals surface area contributed by atoms with Crippen LogP contribution in [-0.2, 0) is 6.42 Å². The van der Waals surface area contributed by atoms with Crippen molar-refractivity contribution >= 4 is 16.3 Å². The summed E-state index contributed by atoms with van der Waals surface area (Å²) in [6, 6.07) is 5.75. The Bertz CT molecular complexity index is 733. The van der Waals surface area contributed by atoms with Gasteiger partial charge in [0.05, 0.1) is 17.0 Å². The third-order valence-corrected chi connectivity index (χ3v) is 4.20. The first kappa shape index (κ1) is 12.8. The van der Waals surface area contributed by atoms with E-state index in [4.69, 9.17) is 10.3 Å². The lowest BCUT2D eigenvalue weighted by atomic mass is 10.1. The van der Waals surface area contributed by atoms with E-state index in [1.165, 1.54) is 4.88 Å². The van der Waals surface area contributed by atoms with E-state index in [1.807, 2.05) is 32.0 Å². The molecule has 20 heavy (non-hydrogen) atoms. The minimum absolute atomic E-state index is 0.482. The van der Waals surface area contributed by atoms with Gasteiger partial charge in [0, 0.05) is 16.8 Å². The van der Waals surface area contributed by atoms with Crippen LogP contribution in [0.4, 0.5) is 5.00 Å². The smallest absolute Gasteiger partial charge is 0.261 e. The molecule has 0 aliphatic heterocycles. The highest BCUT2D eigenvalue weighted by atomic mass is 32.1. The van der Waals surface area contributed by atoms with Crippen molar-refractivity contribution in [3.8, 4) is 11.5 Å². The van der Waals surface area contributed by atoms with Crippen molar-refractivity contribution in [1.29, 1.82) is 0 Å². The molecule has 3 heterocycles. The number of anilines is 1. The summed E-state index contributed by atoms with van der Waals surface area (Å²) >= 11 is 1.54. The van der Waals surface area contributed by atoms with E-state index in [2.05, 4.69) is 15.1 Å². The molecule has 0 amide bonds. The molecule has 2 N–H and O–H groups in total. The normalized spacial score (nSPS) is 10.9. The summed E-state index contributed by atoms with van der Waals surface area (Å²) in [5.74, 6) is 1.09. The zero-order chi connectivity index (χ0) is 14.1. The van der Waals surface area contributed by atoms with Gasteiger partial charge in [-0.15, -0.1) is 11.3 Å². The molecule has 102 valence electrons. The lowest BCUT2D eigenvalue weighted by Gasteiger charge is -1.95. The minimum atomic E-state index is 0.482. The van der Waals surface area contributed by atoms with Crippen molar-refractivity contribution < 1.29 is 4.52 Å². The van der Waals surface area contributed by atoms with Crippen molar-refractivity contribution in [2.75, 3.05) is 5.73 Å². The molecule has 0 saturated heterocycles. The van der Waals surface area contributed by atoms with E-state index in [9.17, 15) is 0 Å². The zero-order valence-corrected chi connectivity index (χ0v) is 12.1. The Hall–Kier alpha value is -2.21. The summed E-state index contributed by atoms with van der Waals surface area (Å²) in [6.07, 6.45) is 2.30. The summed E-state index contributed by atoms with van der Waals surface area (Å²) in [7, 11) is 0. The molecule has 0 radical (unpaired) electrons. The van der Waals surface area contributed by atoms with Crippen LogP contribution in [0.25, 0.3) is 11.5 Å². The van der Waals surface area contributed by atoms with Crippen LogP contribution >= 0.6 is 11.3 Å². The van der Waals surface area contributed by atoms with Crippen LogP contribution in [0.15, 0.2) is 28.9 Å². The second-order valence-corrected chi connectivity index (χ2v) is 5.79. The molecular formula is C14H14N4OS. The molecule has 5 nitrogen and oxygen atoms in total. The van der Waals surface area contributed by atoms with Gasteiger partial charge in [0.25, 0.3) is 5.89 Å². The maximum Gasteiger partial charge on any atom is 0.261 e. The topological polar surface area (TPSA) is 77.8 Å². The fourth-order valence-corrected chi connectivity index (χ4v) is 2.94. The number of hydrogen-bond acceptors (Lipinski definition) is 6. The maximum absolute atomic E-state index is 6.01. The van der Waals surface area contributed by atoms with Gasteiger partial charge in [0.15, 0.2) is 5.82 Å². The Morgan fingerprint density at radius 1 is 1.30 bits per heavy atom. The molecule has 3 aromatic heterocycles. The largest absolute Gasteiger partial charge is 0.390 e. The van der Waals surface area contributed by atoms with Crippen molar-refractivity contribution in [2.45, 2.75) is 20.3 Å². The van der Waals surface area contributed by atoms with E-state index in [0.717, 1.165) is 16.8 Å². The highest BCUT2D eigenvalue weighted by Gasteiger charge is 2.18. The van der Waals surface area contributed by atoms with Crippen molar-refractivity contribution in [3.63, 3.8) is 0 Å². The Kier molecular flexibility index (Phi) is 3.23. The van der Waals surface area contributed by atoms with Crippen LogP contribution in [-0.4, -0.2) is 15.1 Å². The van der Waals surface area contributed by atoms with E-state index < -0.39 is 0 Å². The first-order valence-corrected chi connectivity index (χ1v) is 7.05. The van der Waals surface area contributed by atoms with Crippen LogP contribution in [0.3, 0.4) is 0 Å². The standard InChI is InChI=1S/C14H14N4OS/c1-8-9(2)20-13(15)12(8)14-17-11(18-19-14)7-10-5-3-4-6-16-10/h3-6H,7,15H2,1-2H3. The van der Waals surface area contributed by atoms with E-state index in [0.29, 0.717) is 23.1 Å². The summed E-state index contributed by atoms with van der Waals surface area (Å²) in [5, 5.41) is 4.72. The summed E-state index contributed by atoms with van der Waals surface area (Å²) in [6.45, 7) is 4.05. The fraction of sp³-hybridized carbons (Fsp3) is 0.214. The van der Waals surface area contributed by atoms with Crippen LogP contribution in [0.5, 0.6) is 0 Å². The average molecular weight is 286 g/mol. The van der Waals surface area contributed by atoms with Gasteiger partial charge in [-0.05, 0) is 31.5 Å². The molecule has 0 aliphatic rings. The Labute approximate surface area is 120 Å². The highest BCUT2D eigenvalue weighted by Crippen LogP contribution is 2.37. The van der Waals surface area contributed by atoms with Crippen molar-refractivity contribution in [3.05, 3.63) is 46.4 Å². The molecule has 0 atom stereocenters. The maximum atomic E-state index is 6.01. The molecule has 0 bridgehead atoms. The van der Waals surface area contributed by atoms with Gasteiger partial charge in [-0.25, -0.2) is 0 Å². The minimum Gasteiger partial charge on any atom is -0.390 e. The molecule has 0 aliphatic carbocycles. The van der Waals surface area contributed by atoms with Gasteiger partial charge in [-0.3, -0.25) is 4.98 Å². The van der Waals surface area contributed by atoms with Gasteiger partial charge < -0.3 is 10.3 Å². The Balaban J connectivity index is 1.91. The monoisotopic (exact) mass is 286 g/mol. The van der Waals surface area contributed by atoms with Crippen molar-refractivity contribution in [1.82, 2.24) is 15.1 Å². The summed E-state index contributed by atoms with van der Waals surface area (Å²) < 4.78 is 5.34. The summed E-state index contributed by atoms with van der Waals surface area (Å²) in [4.78, 5) is 9.84. The molecule has 3 rings (SSSR count). The number of aryl methyl sites for hydroxylation is 1. The van der Waals surface area contributed by atoms with Crippen molar-refractivity contribution in [2.24, 2.45) is 0 Å². The third kappa shape index (κ3) is 2.30. The number of nitrogens with two attached hydrogens (primary N) is 1. The number of nitrogens with zero attached hydrogens (tertiary/aromatic N) is 3. The number of nitrogen functional groups attached to an aromatic ring is 1. The fourth-order valence-electron chi connectivity index (χ4n) is 2.01. The van der Waals surface area contributed by atoms with Crippen LogP contribution < -0.4 is 5.73 Å². The lowest BCUT2D eigenvalue weighted by molar-refractivity contribution is 0.424. The molecule has 0 saturated carbocycles. The van der Waals surface area contributed by atoms with Gasteiger partial charge in [0.2, 0.25) is 0 Å². The number of pyridine rings is 1. The lowest BCUT2D eigenvalue weighted by Crippen LogP contribution is -1.93. The molecule has 0 fully saturated rings. The van der Waals surface area contributed by atoms with E-state index >= 15 is 0 Å². The SMILES string of the molecule is Cc1sc(N)c(-c2nc(Cc3ccccn3)no2)c1C. The van der Waals surface area contributed by atoms with E-state index in [-0.39, 0.29) is 0 Å². The predicted molar refractivity (Wildman–Crippen MR) is 78.5 cm³/mol. The number of rotatable bonds is 3. The first-order valence-electron chi connectivity index (χ1n) is 6.23. The number of hydrogen-bond donors (Lipinski definition) is 1. The second-order valence-electron chi connectivity index (χ2n) is 4.54. The first-order chi connectivity index (χ1) is 9.65. The molecule has 0 aromatic carbocycles. The van der Waals surface area contributed by atoms with Gasteiger partial charge in [-0.1, -0.05) is 11.2 Å². The Morgan fingerprint density at radius 3 is 2.80 bits per heavy atom. The highest BCUT2D eigenvalue weighted by molar-refractivity contribution is 7.16. The quantitative estimate of drug-likeness (QED) is 0.800. The van der Waals surface area contributed by atoms with Gasteiger partial charge in [0.1, 0.15) is 0 Å². The second kappa shape index (κ2) is 5.05. The van der Waals surface area contributed by atoms with Crippen LogP contribution in [0.1, 0.15) is 22.0 Å². The van der Waals surface area contributed by atoms with E-state index in [1.54, 1.807) is 17.5 Å². The predicted octanol–water partition coefficient (Wildman–Crippen LogP) is 2.98. The number of aromatic nitrogens is 3. The molecule has 3 aromatic rings. The van der Waals surface area contributed by atoms with Gasteiger partial charge in [-0.2, -0.15) is 4.98 Å². The zero-order valence-electron chi connectivity index (χ0n) is 11.3. The molecule has 0 spiro atoms. The van der Waals surface area contributed by atoms with Crippen LogP contribution in [0, 0.1) is 13.8 Å². The Morgan fingerprint density at radius 2 is 2.15 bits per heavy atom. The molecule has 0 unspecified atom stereocenters. The van der Waals surface area contributed by atoms with Gasteiger partial charge >= 0.3 is 0 Å². The number of thiophene rings is 1. The average Bonchev–Trinajstić information content (AvgIpc) is 2.97. The molecular weight excluding hydrogens is 272 g/mol.